The summed E-state index contributed by atoms with van der Waals surface area (Å²) in [5, 5.41) is 10.7. The molecule has 4 nitrogen and oxygen atoms in total. The molecule has 1 aliphatic heterocycles. The highest BCUT2D eigenvalue weighted by Gasteiger charge is 2.12. The first kappa shape index (κ1) is 39.0. The summed E-state index contributed by atoms with van der Waals surface area (Å²) in [6, 6.07) is 5.24. The monoisotopic (exact) mass is 532 g/mol. The molecule has 1 aliphatic rings. The van der Waals surface area contributed by atoms with Gasteiger partial charge in [0, 0.05) is 41.9 Å². The molecule has 0 spiro atoms. The number of benzene rings is 1. The minimum atomic E-state index is 0.204. The highest BCUT2D eigenvalue weighted by atomic mass is 35.5. The average Bonchev–Trinajstić information content (AvgIpc) is 2.92. The SMILES string of the molecule is C#C.C1CCOCC1.CC.CC/C=C(\C)N.CCCC=N/C=C(C)/C(=C(/C)CC)c1ccc(Cl)cc1O. The van der Waals surface area contributed by atoms with Crippen molar-refractivity contribution in [2.24, 2.45) is 10.7 Å². The molecule has 1 fully saturated rings. The first-order chi connectivity index (χ1) is 17.8. The molecule has 0 amide bonds. The van der Waals surface area contributed by atoms with Gasteiger partial charge in [0.05, 0.1) is 0 Å². The zero-order valence-electron chi connectivity index (χ0n) is 24.7. The third-order valence-electron chi connectivity index (χ3n) is 4.98. The lowest BCUT2D eigenvalue weighted by Gasteiger charge is -2.14. The fourth-order valence-electron chi connectivity index (χ4n) is 3.11. The van der Waals surface area contributed by atoms with Crippen LogP contribution in [0.5, 0.6) is 5.75 Å². The van der Waals surface area contributed by atoms with Crippen LogP contribution in [0.1, 0.15) is 106 Å². The number of aromatic hydroxyl groups is 1. The molecule has 0 aromatic heterocycles. The van der Waals surface area contributed by atoms with Gasteiger partial charge in [0.15, 0.2) is 0 Å². The summed E-state index contributed by atoms with van der Waals surface area (Å²) >= 11 is 5.92. The summed E-state index contributed by atoms with van der Waals surface area (Å²) in [6.07, 6.45) is 21.7. The van der Waals surface area contributed by atoms with Crippen molar-refractivity contribution in [3.05, 3.63) is 57.9 Å². The van der Waals surface area contributed by atoms with E-state index in [2.05, 4.69) is 45.5 Å². The highest BCUT2D eigenvalue weighted by Crippen LogP contribution is 2.35. The second-order valence-electron chi connectivity index (χ2n) is 8.13. The van der Waals surface area contributed by atoms with Crippen LogP contribution < -0.4 is 5.73 Å². The van der Waals surface area contributed by atoms with Crippen LogP contribution in [-0.4, -0.2) is 24.5 Å². The Balaban J connectivity index is -0.000000586. The average molecular weight is 533 g/mol. The quantitative estimate of drug-likeness (QED) is 0.208. The first-order valence-electron chi connectivity index (χ1n) is 13.5. The molecule has 0 aliphatic carbocycles. The molecule has 1 aromatic carbocycles. The molecule has 2 rings (SSSR count). The van der Waals surface area contributed by atoms with E-state index in [1.54, 1.807) is 12.1 Å². The molecule has 0 saturated carbocycles. The van der Waals surface area contributed by atoms with Crippen molar-refractivity contribution in [2.75, 3.05) is 13.2 Å². The van der Waals surface area contributed by atoms with Gasteiger partial charge in [0.1, 0.15) is 5.75 Å². The summed E-state index contributed by atoms with van der Waals surface area (Å²) < 4.78 is 5.07. The Hall–Kier alpha value is -2.48. The minimum absolute atomic E-state index is 0.204. The van der Waals surface area contributed by atoms with Crippen molar-refractivity contribution in [3.63, 3.8) is 0 Å². The van der Waals surface area contributed by atoms with Crippen molar-refractivity contribution in [1.82, 2.24) is 0 Å². The molecule has 210 valence electrons. The molecule has 37 heavy (non-hydrogen) atoms. The van der Waals surface area contributed by atoms with Crippen molar-refractivity contribution < 1.29 is 9.84 Å². The Kier molecular flexibility index (Phi) is 29.6. The van der Waals surface area contributed by atoms with Gasteiger partial charge in [0.2, 0.25) is 0 Å². The van der Waals surface area contributed by atoms with Gasteiger partial charge in [-0.15, -0.1) is 12.8 Å². The summed E-state index contributed by atoms with van der Waals surface area (Å²) in [4.78, 5) is 4.34. The smallest absolute Gasteiger partial charge is 0.124 e. The van der Waals surface area contributed by atoms with Crippen LogP contribution in [0.15, 0.2) is 52.3 Å². The standard InChI is InChI=1S/C18H24ClNO.C5H11N.C5H10O.C2H6.C2H2/c1-5-7-10-20-12-14(4)18(13(3)6-2)16-9-8-15(19)11-17(16)21;1-3-4-5(2)6;1-2-4-6-5-3-1;2*1-2/h8-12,21H,5-7H2,1-4H3;4H,3,6H2,1-2H3;1-5H2;1-2H3;1-2H/b14-12+,18-13+,20-10?;5-4+;;;. The number of ether oxygens (including phenoxy) is 1. The molecular formula is C32H53ClN2O2. The van der Waals surface area contributed by atoms with E-state index in [1.165, 1.54) is 24.8 Å². The van der Waals surface area contributed by atoms with Crippen LogP contribution in [0, 0.1) is 12.8 Å². The zero-order chi connectivity index (χ0) is 29.1. The molecule has 3 N–H and O–H groups in total. The molecule has 0 unspecified atom stereocenters. The Bertz CT molecular complexity index is 817. The van der Waals surface area contributed by atoms with Crippen LogP contribution in [0.4, 0.5) is 0 Å². The van der Waals surface area contributed by atoms with Gasteiger partial charge in [0.25, 0.3) is 0 Å². The highest BCUT2D eigenvalue weighted by molar-refractivity contribution is 6.30. The Labute approximate surface area is 233 Å². The lowest BCUT2D eigenvalue weighted by atomic mass is 9.93. The number of hydrogen-bond donors (Lipinski definition) is 2. The number of phenolic OH excluding ortho intramolecular Hbond substituents is 1. The number of allylic oxidation sites excluding steroid dienone is 5. The Morgan fingerprint density at radius 3 is 2.03 bits per heavy atom. The van der Waals surface area contributed by atoms with Gasteiger partial charge in [-0.3, -0.25) is 4.99 Å². The van der Waals surface area contributed by atoms with E-state index in [0.29, 0.717) is 5.02 Å². The predicted octanol–water partition coefficient (Wildman–Crippen LogP) is 9.73. The van der Waals surface area contributed by atoms with E-state index in [1.807, 2.05) is 52.3 Å². The fraction of sp³-hybridized carbons (Fsp3) is 0.531. The van der Waals surface area contributed by atoms with Gasteiger partial charge in [-0.05, 0) is 88.6 Å². The lowest BCUT2D eigenvalue weighted by Crippen LogP contribution is -2.03. The van der Waals surface area contributed by atoms with E-state index < -0.39 is 0 Å². The molecule has 0 atom stereocenters. The maximum atomic E-state index is 10.2. The number of rotatable bonds is 7. The topological polar surface area (TPSA) is 67.8 Å². The molecular weight excluding hydrogens is 480 g/mol. The van der Waals surface area contributed by atoms with Crippen LogP contribution in [0.3, 0.4) is 0 Å². The summed E-state index contributed by atoms with van der Waals surface area (Å²) in [5.41, 5.74) is 10.3. The molecule has 5 heteroatoms. The molecule has 1 saturated heterocycles. The number of halogens is 1. The van der Waals surface area contributed by atoms with Crippen LogP contribution in [0.25, 0.3) is 5.57 Å². The summed E-state index contributed by atoms with van der Waals surface area (Å²) in [5.74, 6) is 0.204. The van der Waals surface area contributed by atoms with Gasteiger partial charge in [-0.1, -0.05) is 64.3 Å². The zero-order valence-corrected chi connectivity index (χ0v) is 25.5. The third-order valence-corrected chi connectivity index (χ3v) is 5.21. The van der Waals surface area contributed by atoms with E-state index in [-0.39, 0.29) is 5.75 Å². The number of phenols is 1. The van der Waals surface area contributed by atoms with Crippen LogP contribution in [-0.2, 0) is 4.74 Å². The minimum Gasteiger partial charge on any atom is -0.507 e. The predicted molar refractivity (Wildman–Crippen MR) is 167 cm³/mol. The maximum absolute atomic E-state index is 10.2. The maximum Gasteiger partial charge on any atom is 0.124 e. The molecule has 0 bridgehead atoms. The number of aliphatic imine (C=N–C) groups is 1. The van der Waals surface area contributed by atoms with Crippen molar-refractivity contribution >= 4 is 23.4 Å². The fourth-order valence-corrected chi connectivity index (χ4v) is 3.28. The van der Waals surface area contributed by atoms with E-state index >= 15 is 0 Å². The van der Waals surface area contributed by atoms with E-state index in [4.69, 9.17) is 22.1 Å². The number of hydrogen-bond acceptors (Lipinski definition) is 4. The second kappa shape index (κ2) is 28.1. The normalized spacial score (nSPS) is 13.8. The van der Waals surface area contributed by atoms with Crippen LogP contribution in [0.2, 0.25) is 5.02 Å². The molecule has 0 radical (unpaired) electrons. The van der Waals surface area contributed by atoms with Crippen LogP contribution >= 0.6 is 11.6 Å². The Morgan fingerprint density at radius 2 is 1.68 bits per heavy atom. The van der Waals surface area contributed by atoms with Crippen molar-refractivity contribution in [3.8, 4) is 18.6 Å². The van der Waals surface area contributed by atoms with E-state index in [0.717, 1.165) is 61.3 Å². The van der Waals surface area contributed by atoms with Crippen molar-refractivity contribution in [1.29, 1.82) is 0 Å². The molecule has 1 heterocycles. The van der Waals surface area contributed by atoms with E-state index in [9.17, 15) is 5.11 Å². The van der Waals surface area contributed by atoms with Crippen molar-refractivity contribution in [2.45, 2.75) is 100 Å². The van der Waals surface area contributed by atoms with Gasteiger partial charge >= 0.3 is 0 Å². The van der Waals surface area contributed by atoms with Gasteiger partial charge < -0.3 is 15.6 Å². The third kappa shape index (κ3) is 21.3. The first-order valence-corrected chi connectivity index (χ1v) is 13.9. The van der Waals surface area contributed by atoms with Gasteiger partial charge in [-0.2, -0.15) is 0 Å². The number of unbranched alkanes of at least 4 members (excludes halogenated alkanes) is 1. The molecule has 1 aromatic rings. The number of nitrogens with zero attached hydrogens (tertiary/aromatic N) is 1. The lowest BCUT2D eigenvalue weighted by molar-refractivity contribution is 0.0968. The summed E-state index contributed by atoms with van der Waals surface area (Å²) in [7, 11) is 0. The number of terminal acetylenes is 1. The Morgan fingerprint density at radius 1 is 1.08 bits per heavy atom. The summed E-state index contributed by atoms with van der Waals surface area (Å²) in [6.45, 7) is 18.3. The van der Waals surface area contributed by atoms with Gasteiger partial charge in [-0.25, -0.2) is 0 Å². The largest absolute Gasteiger partial charge is 0.507 e. The second-order valence-corrected chi connectivity index (χ2v) is 8.57. The number of nitrogens with two attached hydrogens (primary N) is 1.